The first-order chi connectivity index (χ1) is 22.3. The minimum absolute atomic E-state index is 0.0721. The summed E-state index contributed by atoms with van der Waals surface area (Å²) in [7, 11) is -14.7. The number of nitrogens with zero attached hydrogens (tertiary/aromatic N) is 6. The molecule has 0 saturated carbocycles. The molecular weight excluding hydrogens is 741 g/mol. The van der Waals surface area contributed by atoms with E-state index in [9.17, 15) is 48.5 Å². The summed E-state index contributed by atoms with van der Waals surface area (Å²) in [5, 5.41) is 17.6. The van der Waals surface area contributed by atoms with Crippen LogP contribution in [0.4, 0.5) is 17.1 Å². The standard InChI is InChI=1S/C25H17Cl2N7O11S3/c26-22-20(11-28-25(27)30-22)24(36)29-15-4-5-21(14(6-15)12-35)32-34-23(13-2-1-3-17(7-13)46(37,38)39)33-31-16-8-18(47(40,41)42)10-19(9-16)48(43,44)45/h1-12,23H,(H,29,36)(H,37,38,39)(H,40,41,42)(H,43,44,45)/b33-31+,34-32+. The van der Waals surface area contributed by atoms with E-state index in [2.05, 4.69) is 35.7 Å². The highest BCUT2D eigenvalue weighted by Crippen LogP contribution is 2.31. The lowest BCUT2D eigenvalue weighted by Gasteiger charge is -2.09. The van der Waals surface area contributed by atoms with E-state index in [1.165, 1.54) is 30.3 Å². The van der Waals surface area contributed by atoms with Crippen LogP contribution in [0, 0.1) is 0 Å². The van der Waals surface area contributed by atoms with E-state index in [1.54, 1.807) is 0 Å². The molecule has 0 aliphatic heterocycles. The zero-order chi connectivity index (χ0) is 35.4. The zero-order valence-corrected chi connectivity index (χ0v) is 27.2. The number of hydrogen-bond donors (Lipinski definition) is 4. The number of benzene rings is 3. The Balaban J connectivity index is 1.74. The molecule has 3 aromatic carbocycles. The van der Waals surface area contributed by atoms with Crippen molar-refractivity contribution < 1.29 is 48.5 Å². The summed E-state index contributed by atoms with van der Waals surface area (Å²) in [5.74, 6) is -0.739. The maximum atomic E-state index is 12.6. The van der Waals surface area contributed by atoms with Crippen molar-refractivity contribution >= 4 is 82.8 Å². The van der Waals surface area contributed by atoms with Gasteiger partial charge in [0.15, 0.2) is 6.29 Å². The molecule has 250 valence electrons. The summed E-state index contributed by atoms with van der Waals surface area (Å²) >= 11 is 11.6. The molecule has 0 spiro atoms. The highest BCUT2D eigenvalue weighted by molar-refractivity contribution is 7.86. The number of azo groups is 2. The second kappa shape index (κ2) is 14.2. The Morgan fingerprint density at radius 3 is 2.02 bits per heavy atom. The van der Waals surface area contributed by atoms with Crippen LogP contribution in [0.3, 0.4) is 0 Å². The minimum atomic E-state index is -5.00. The monoisotopic (exact) mass is 757 g/mol. The van der Waals surface area contributed by atoms with Gasteiger partial charge in [0.25, 0.3) is 36.3 Å². The van der Waals surface area contributed by atoms with Gasteiger partial charge in [-0.2, -0.15) is 45.7 Å². The van der Waals surface area contributed by atoms with Gasteiger partial charge in [-0.25, -0.2) is 9.97 Å². The summed E-state index contributed by atoms with van der Waals surface area (Å²) in [5.41, 5.74) is -0.817. The topological polar surface area (TPSA) is 284 Å². The summed E-state index contributed by atoms with van der Waals surface area (Å²) in [6.07, 6.45) is -0.138. The highest BCUT2D eigenvalue weighted by atomic mass is 35.5. The van der Waals surface area contributed by atoms with Gasteiger partial charge in [0.1, 0.15) is 5.15 Å². The molecule has 4 aromatic rings. The third-order valence-corrected chi connectivity index (χ3v) is 8.82. The van der Waals surface area contributed by atoms with Crippen molar-refractivity contribution in [3.05, 3.63) is 94.0 Å². The quantitative estimate of drug-likeness (QED) is 0.0506. The lowest BCUT2D eigenvalue weighted by Crippen LogP contribution is -2.13. The summed E-state index contributed by atoms with van der Waals surface area (Å²) in [6, 6.07) is 10.2. The van der Waals surface area contributed by atoms with Crippen molar-refractivity contribution in [3.63, 3.8) is 0 Å². The predicted octanol–water partition coefficient (Wildman–Crippen LogP) is 5.15. The van der Waals surface area contributed by atoms with E-state index < -0.39 is 62.8 Å². The van der Waals surface area contributed by atoms with Crippen molar-refractivity contribution in [2.45, 2.75) is 20.9 Å². The van der Waals surface area contributed by atoms with Crippen LogP contribution >= 0.6 is 23.2 Å². The van der Waals surface area contributed by atoms with E-state index in [4.69, 9.17) is 23.2 Å². The third kappa shape index (κ3) is 9.26. The molecular formula is C25H17Cl2N7O11S3. The summed E-state index contributed by atoms with van der Waals surface area (Å²) in [4.78, 5) is 29.3. The Morgan fingerprint density at radius 2 is 1.44 bits per heavy atom. The number of carbonyl (C=O) groups is 2. The van der Waals surface area contributed by atoms with Crippen LogP contribution in [0.2, 0.25) is 10.4 Å². The summed E-state index contributed by atoms with van der Waals surface area (Å²) in [6.45, 7) is 0. The minimum Gasteiger partial charge on any atom is -0.322 e. The lowest BCUT2D eigenvalue weighted by molar-refractivity contribution is 0.102. The Bertz CT molecular complexity index is 2290. The van der Waals surface area contributed by atoms with Gasteiger partial charge in [0.05, 0.1) is 31.6 Å². The number of rotatable bonds is 11. The Hall–Kier alpha value is -4.61. The number of halogens is 2. The first kappa shape index (κ1) is 36.2. The molecule has 1 aromatic heterocycles. The molecule has 0 aliphatic rings. The second-order valence-electron chi connectivity index (χ2n) is 9.15. The SMILES string of the molecule is O=Cc1cc(NC(=O)c2cnc(Cl)nc2Cl)ccc1/N=N/C(/N=N/c1cc(S(=O)(=O)O)cc(S(=O)(=O)O)c1)c1cccc(S(=O)(=O)O)c1. The van der Waals surface area contributed by atoms with Crippen molar-refractivity contribution in [2.24, 2.45) is 20.5 Å². The molecule has 48 heavy (non-hydrogen) atoms. The maximum Gasteiger partial charge on any atom is 0.294 e. The number of amides is 1. The third-order valence-electron chi connectivity index (χ3n) is 5.84. The van der Waals surface area contributed by atoms with Gasteiger partial charge < -0.3 is 5.32 Å². The van der Waals surface area contributed by atoms with Gasteiger partial charge in [-0.15, -0.1) is 0 Å². The number of hydrogen-bond acceptors (Lipinski definition) is 14. The fraction of sp³-hybridized carbons (Fsp3) is 0.0400. The predicted molar refractivity (Wildman–Crippen MR) is 166 cm³/mol. The molecule has 1 unspecified atom stereocenters. The largest absolute Gasteiger partial charge is 0.322 e. The number of anilines is 1. The average molecular weight is 759 g/mol. The zero-order valence-electron chi connectivity index (χ0n) is 23.3. The second-order valence-corrected chi connectivity index (χ2v) is 14.1. The molecule has 0 radical (unpaired) electrons. The molecule has 18 nitrogen and oxygen atoms in total. The van der Waals surface area contributed by atoms with Crippen LogP contribution in [-0.2, 0) is 30.4 Å². The summed E-state index contributed by atoms with van der Waals surface area (Å²) < 4.78 is 98.5. The van der Waals surface area contributed by atoms with Crippen LogP contribution in [0.1, 0.15) is 32.4 Å². The molecule has 4 N–H and O–H groups in total. The molecule has 0 aliphatic carbocycles. The fourth-order valence-electron chi connectivity index (χ4n) is 3.65. The average Bonchev–Trinajstić information content (AvgIpc) is 3.00. The Morgan fingerprint density at radius 1 is 0.812 bits per heavy atom. The number of nitrogens with one attached hydrogen (secondary N) is 1. The van der Waals surface area contributed by atoms with E-state index in [1.807, 2.05) is 0 Å². The van der Waals surface area contributed by atoms with Gasteiger partial charge in [0, 0.05) is 23.0 Å². The van der Waals surface area contributed by atoms with E-state index in [0.717, 1.165) is 18.3 Å². The first-order valence-corrected chi connectivity index (χ1v) is 17.5. The smallest absolute Gasteiger partial charge is 0.294 e. The van der Waals surface area contributed by atoms with E-state index in [-0.39, 0.29) is 38.5 Å². The normalized spacial score (nSPS) is 13.1. The van der Waals surface area contributed by atoms with Crippen molar-refractivity contribution in [1.29, 1.82) is 0 Å². The van der Waals surface area contributed by atoms with Crippen molar-refractivity contribution in [2.75, 3.05) is 5.32 Å². The van der Waals surface area contributed by atoms with Gasteiger partial charge in [-0.3, -0.25) is 23.2 Å². The first-order valence-electron chi connectivity index (χ1n) is 12.4. The molecule has 1 heterocycles. The van der Waals surface area contributed by atoms with Crippen LogP contribution in [0.15, 0.2) is 102 Å². The van der Waals surface area contributed by atoms with Crippen LogP contribution in [0.5, 0.6) is 0 Å². The molecule has 1 amide bonds. The molecule has 4 rings (SSSR count). The van der Waals surface area contributed by atoms with Crippen LogP contribution in [0.25, 0.3) is 0 Å². The molecule has 0 saturated heterocycles. The number of aromatic nitrogens is 2. The van der Waals surface area contributed by atoms with Crippen molar-refractivity contribution in [3.8, 4) is 0 Å². The maximum absolute atomic E-state index is 12.6. The van der Waals surface area contributed by atoms with Gasteiger partial charge >= 0.3 is 0 Å². The number of aldehydes is 1. The van der Waals surface area contributed by atoms with Crippen LogP contribution in [-0.4, -0.2) is 61.1 Å². The van der Waals surface area contributed by atoms with Crippen molar-refractivity contribution in [1.82, 2.24) is 9.97 Å². The van der Waals surface area contributed by atoms with Gasteiger partial charge in [0.2, 0.25) is 11.4 Å². The molecule has 0 fully saturated rings. The molecule has 1 atom stereocenters. The van der Waals surface area contributed by atoms with Gasteiger partial charge in [-0.1, -0.05) is 23.7 Å². The van der Waals surface area contributed by atoms with E-state index in [0.29, 0.717) is 24.5 Å². The fourth-order valence-corrected chi connectivity index (χ4v) is 5.74. The Labute approximate surface area is 280 Å². The van der Waals surface area contributed by atoms with E-state index >= 15 is 0 Å². The highest BCUT2D eigenvalue weighted by Gasteiger charge is 2.20. The lowest BCUT2D eigenvalue weighted by atomic mass is 10.1. The molecule has 0 bridgehead atoms. The van der Waals surface area contributed by atoms with Crippen LogP contribution < -0.4 is 5.32 Å². The number of carbonyl (C=O) groups excluding carboxylic acids is 2. The van der Waals surface area contributed by atoms with Gasteiger partial charge in [-0.05, 0) is 60.1 Å². The molecule has 23 heteroatoms. The Kier molecular flexibility index (Phi) is 10.8.